The molecule has 1 saturated carbocycles. The van der Waals surface area contributed by atoms with Crippen molar-refractivity contribution in [3.05, 3.63) is 0 Å². The van der Waals surface area contributed by atoms with Crippen LogP contribution in [0.4, 0.5) is 0 Å². The van der Waals surface area contributed by atoms with Crippen molar-refractivity contribution in [1.82, 2.24) is 16.0 Å². The van der Waals surface area contributed by atoms with Crippen LogP contribution in [0, 0.1) is 11.8 Å². The molecule has 0 spiro atoms. The van der Waals surface area contributed by atoms with E-state index in [0.717, 1.165) is 51.2 Å². The summed E-state index contributed by atoms with van der Waals surface area (Å²) in [7, 11) is 0. The number of rotatable bonds is 11. The molecule has 1 rings (SSSR count). The second-order valence-electron chi connectivity index (χ2n) is 5.88. The highest BCUT2D eigenvalue weighted by atomic mass is 16.3. The number of carbonyl (C=O) groups is 1. The maximum absolute atomic E-state index is 11.5. The molecule has 1 aliphatic carbocycles. The van der Waals surface area contributed by atoms with Gasteiger partial charge in [-0.05, 0) is 38.5 Å². The van der Waals surface area contributed by atoms with Crippen molar-refractivity contribution in [1.29, 1.82) is 0 Å². The van der Waals surface area contributed by atoms with Crippen LogP contribution in [0.25, 0.3) is 0 Å². The normalized spacial score (nSPS) is 16.2. The first-order valence-corrected chi connectivity index (χ1v) is 8.61. The number of aliphatic hydroxyl groups is 1. The Labute approximate surface area is 134 Å². The lowest BCUT2D eigenvalue weighted by Crippen LogP contribution is -2.42. The Bertz CT molecular complexity index is 337. The standard InChI is InChI=1S/C16H32N4O2/c1-3-5-13(8-11-21)12-20-16(17-4-2)19-10-9-18-15(22)14-6-7-14/h13-14,21H,3-12H2,1-2H3,(H,18,22)(H2,17,19,20). The quantitative estimate of drug-likeness (QED) is 0.259. The van der Waals surface area contributed by atoms with Crippen molar-refractivity contribution in [3.8, 4) is 0 Å². The molecule has 1 unspecified atom stereocenters. The number of nitrogens with one attached hydrogen (secondary N) is 3. The molecule has 1 aliphatic rings. The van der Waals surface area contributed by atoms with E-state index in [1.165, 1.54) is 0 Å². The first-order valence-electron chi connectivity index (χ1n) is 8.61. The number of hydrogen-bond acceptors (Lipinski definition) is 3. The molecule has 1 fully saturated rings. The van der Waals surface area contributed by atoms with Gasteiger partial charge in [0.1, 0.15) is 0 Å². The van der Waals surface area contributed by atoms with E-state index in [4.69, 9.17) is 5.11 Å². The molecule has 0 radical (unpaired) electrons. The molecule has 0 saturated heterocycles. The van der Waals surface area contributed by atoms with Gasteiger partial charge < -0.3 is 21.1 Å². The highest BCUT2D eigenvalue weighted by Crippen LogP contribution is 2.28. The van der Waals surface area contributed by atoms with Crippen LogP contribution in [0.3, 0.4) is 0 Å². The molecule has 0 bridgehead atoms. The molecule has 0 heterocycles. The number of nitrogens with zero attached hydrogens (tertiary/aromatic N) is 1. The Balaban J connectivity index is 2.28. The van der Waals surface area contributed by atoms with Gasteiger partial charge in [-0.25, -0.2) is 0 Å². The lowest BCUT2D eigenvalue weighted by molar-refractivity contribution is -0.122. The largest absolute Gasteiger partial charge is 0.396 e. The van der Waals surface area contributed by atoms with Crippen molar-refractivity contribution in [2.24, 2.45) is 16.8 Å². The van der Waals surface area contributed by atoms with Crippen molar-refractivity contribution in [3.63, 3.8) is 0 Å². The summed E-state index contributed by atoms with van der Waals surface area (Å²) in [4.78, 5) is 16.1. The van der Waals surface area contributed by atoms with Crippen LogP contribution in [0.2, 0.25) is 0 Å². The average Bonchev–Trinajstić information content (AvgIpc) is 3.33. The third kappa shape index (κ3) is 8.22. The van der Waals surface area contributed by atoms with Crippen LogP contribution in [0.5, 0.6) is 0 Å². The molecule has 1 atom stereocenters. The predicted octanol–water partition coefficient (Wildman–Crippen LogP) is 0.866. The van der Waals surface area contributed by atoms with Gasteiger partial charge in [0.25, 0.3) is 0 Å². The van der Waals surface area contributed by atoms with Crippen LogP contribution in [0.15, 0.2) is 4.99 Å². The summed E-state index contributed by atoms with van der Waals surface area (Å²) in [6, 6.07) is 0. The Kier molecular flexibility index (Phi) is 9.62. The number of guanidine groups is 1. The van der Waals surface area contributed by atoms with Gasteiger partial charge in [0.15, 0.2) is 5.96 Å². The third-order valence-corrected chi connectivity index (χ3v) is 3.75. The smallest absolute Gasteiger partial charge is 0.223 e. The fourth-order valence-corrected chi connectivity index (χ4v) is 2.34. The summed E-state index contributed by atoms with van der Waals surface area (Å²) in [5.41, 5.74) is 0. The molecule has 22 heavy (non-hydrogen) atoms. The lowest BCUT2D eigenvalue weighted by atomic mass is 10.0. The van der Waals surface area contributed by atoms with Gasteiger partial charge in [0.2, 0.25) is 5.91 Å². The van der Waals surface area contributed by atoms with Gasteiger partial charge in [-0.2, -0.15) is 0 Å². The first kappa shape index (κ1) is 18.7. The van der Waals surface area contributed by atoms with E-state index in [1.807, 2.05) is 6.92 Å². The number of hydrogen-bond donors (Lipinski definition) is 4. The van der Waals surface area contributed by atoms with Gasteiger partial charge >= 0.3 is 0 Å². The number of aliphatic hydroxyl groups excluding tert-OH is 1. The summed E-state index contributed by atoms with van der Waals surface area (Å²) in [6.07, 6.45) is 5.06. The van der Waals surface area contributed by atoms with Crippen molar-refractivity contribution >= 4 is 11.9 Å². The molecule has 4 N–H and O–H groups in total. The maximum Gasteiger partial charge on any atom is 0.223 e. The summed E-state index contributed by atoms with van der Waals surface area (Å²) in [5, 5.41) is 18.5. The molecular formula is C16H32N4O2. The lowest BCUT2D eigenvalue weighted by Gasteiger charge is -2.15. The van der Waals surface area contributed by atoms with E-state index in [1.54, 1.807) is 0 Å². The predicted molar refractivity (Wildman–Crippen MR) is 89.8 cm³/mol. The molecule has 128 valence electrons. The van der Waals surface area contributed by atoms with Gasteiger partial charge in [0.05, 0.1) is 0 Å². The molecule has 0 aromatic carbocycles. The number of carbonyl (C=O) groups excluding carboxylic acids is 1. The Hall–Kier alpha value is -1.30. The molecule has 0 aromatic rings. The third-order valence-electron chi connectivity index (χ3n) is 3.75. The van der Waals surface area contributed by atoms with E-state index < -0.39 is 0 Å². The Morgan fingerprint density at radius 1 is 1.18 bits per heavy atom. The van der Waals surface area contributed by atoms with Crippen molar-refractivity contribution in [2.75, 3.05) is 32.8 Å². The maximum atomic E-state index is 11.5. The average molecular weight is 312 g/mol. The van der Waals surface area contributed by atoms with Gasteiger partial charge in [-0.3, -0.25) is 9.79 Å². The minimum Gasteiger partial charge on any atom is -0.396 e. The highest BCUT2D eigenvalue weighted by molar-refractivity contribution is 5.81. The Morgan fingerprint density at radius 2 is 1.91 bits per heavy atom. The summed E-state index contributed by atoms with van der Waals surface area (Å²) < 4.78 is 0. The molecule has 0 aliphatic heterocycles. The first-order chi connectivity index (χ1) is 10.7. The summed E-state index contributed by atoms with van der Waals surface area (Å²) >= 11 is 0. The summed E-state index contributed by atoms with van der Waals surface area (Å²) in [5.74, 6) is 1.65. The van der Waals surface area contributed by atoms with E-state index in [-0.39, 0.29) is 18.4 Å². The van der Waals surface area contributed by atoms with Crippen LogP contribution < -0.4 is 16.0 Å². The van der Waals surface area contributed by atoms with E-state index in [2.05, 4.69) is 27.9 Å². The molecule has 6 heteroatoms. The Morgan fingerprint density at radius 3 is 2.50 bits per heavy atom. The monoisotopic (exact) mass is 312 g/mol. The zero-order valence-electron chi connectivity index (χ0n) is 14.0. The van der Waals surface area contributed by atoms with Crippen molar-refractivity contribution in [2.45, 2.75) is 46.0 Å². The van der Waals surface area contributed by atoms with Crippen LogP contribution >= 0.6 is 0 Å². The second-order valence-corrected chi connectivity index (χ2v) is 5.88. The van der Waals surface area contributed by atoms with E-state index in [9.17, 15) is 4.79 Å². The van der Waals surface area contributed by atoms with Crippen LogP contribution in [-0.4, -0.2) is 49.8 Å². The van der Waals surface area contributed by atoms with Gasteiger partial charge in [-0.15, -0.1) is 0 Å². The zero-order chi connectivity index (χ0) is 16.2. The highest BCUT2D eigenvalue weighted by Gasteiger charge is 2.28. The minimum atomic E-state index is 0.176. The molecular weight excluding hydrogens is 280 g/mol. The minimum absolute atomic E-state index is 0.176. The van der Waals surface area contributed by atoms with E-state index >= 15 is 0 Å². The SMILES string of the molecule is CCCC(CCO)CN=C(NCC)NCCNC(=O)C1CC1. The molecule has 0 aromatic heterocycles. The fourth-order valence-electron chi connectivity index (χ4n) is 2.34. The molecule has 6 nitrogen and oxygen atoms in total. The van der Waals surface area contributed by atoms with E-state index in [0.29, 0.717) is 19.0 Å². The number of amides is 1. The summed E-state index contributed by atoms with van der Waals surface area (Å²) in [6.45, 7) is 7.22. The second kappa shape index (κ2) is 11.3. The fraction of sp³-hybridized carbons (Fsp3) is 0.875. The number of aliphatic imine (C=N–C) groups is 1. The zero-order valence-corrected chi connectivity index (χ0v) is 14.0. The van der Waals surface area contributed by atoms with Crippen LogP contribution in [0.1, 0.15) is 46.0 Å². The molecule has 1 amide bonds. The van der Waals surface area contributed by atoms with Gasteiger partial charge in [0, 0.05) is 38.7 Å². The van der Waals surface area contributed by atoms with Crippen molar-refractivity contribution < 1.29 is 9.90 Å². The topological polar surface area (TPSA) is 85.8 Å². The van der Waals surface area contributed by atoms with Crippen LogP contribution in [-0.2, 0) is 4.79 Å². The van der Waals surface area contributed by atoms with Gasteiger partial charge in [-0.1, -0.05) is 13.3 Å².